The van der Waals surface area contributed by atoms with Gasteiger partial charge in [0.15, 0.2) is 0 Å². The van der Waals surface area contributed by atoms with Gasteiger partial charge >= 0.3 is 0 Å². The molecule has 0 aliphatic heterocycles. The van der Waals surface area contributed by atoms with Gasteiger partial charge in [-0.3, -0.25) is 0 Å². The molecule has 0 radical (unpaired) electrons. The van der Waals surface area contributed by atoms with E-state index in [-0.39, 0.29) is 5.41 Å². The maximum absolute atomic E-state index is 4.67. The minimum absolute atomic E-state index is 0.185. The normalized spacial score (nSPS) is 15.3. The van der Waals surface area contributed by atoms with Crippen molar-refractivity contribution >= 4 is 12.6 Å². The highest BCUT2D eigenvalue weighted by molar-refractivity contribution is 7.80. The fraction of sp³-hybridized carbons (Fsp3) is 0.294. The number of thiol groups is 1. The van der Waals surface area contributed by atoms with Crippen LogP contribution in [0.5, 0.6) is 0 Å². The van der Waals surface area contributed by atoms with Crippen molar-refractivity contribution in [1.82, 2.24) is 0 Å². The Balaban J connectivity index is 2.42. The van der Waals surface area contributed by atoms with Gasteiger partial charge in [-0.25, -0.2) is 0 Å². The maximum Gasteiger partial charge on any atom is 0.0210 e. The molecule has 2 aromatic rings. The van der Waals surface area contributed by atoms with Crippen LogP contribution < -0.4 is 0 Å². The Kier molecular flexibility index (Phi) is 2.74. The van der Waals surface area contributed by atoms with Gasteiger partial charge in [-0.05, 0) is 41.2 Å². The summed E-state index contributed by atoms with van der Waals surface area (Å²) in [6, 6.07) is 15.3. The van der Waals surface area contributed by atoms with Crippen molar-refractivity contribution in [2.75, 3.05) is 0 Å². The molecule has 0 saturated carbocycles. The summed E-state index contributed by atoms with van der Waals surface area (Å²) in [5, 5.41) is 0. The summed E-state index contributed by atoms with van der Waals surface area (Å²) in [5.74, 6) is 0. The summed E-state index contributed by atoms with van der Waals surface area (Å²) in [6.45, 7) is 4.58. The van der Waals surface area contributed by atoms with E-state index in [0.29, 0.717) is 0 Å². The molecule has 0 N–H and O–H groups in total. The first kappa shape index (κ1) is 11.9. The Morgan fingerprint density at radius 3 is 2.28 bits per heavy atom. The van der Waals surface area contributed by atoms with E-state index in [1.54, 1.807) is 0 Å². The minimum Gasteiger partial charge on any atom is -0.143 e. The maximum atomic E-state index is 4.67. The molecule has 92 valence electrons. The zero-order chi connectivity index (χ0) is 12.8. The van der Waals surface area contributed by atoms with E-state index in [0.717, 1.165) is 17.7 Å². The van der Waals surface area contributed by atoms with E-state index in [4.69, 9.17) is 0 Å². The summed E-state index contributed by atoms with van der Waals surface area (Å²) in [5.41, 5.74) is 5.85. The van der Waals surface area contributed by atoms with E-state index < -0.39 is 0 Å². The zero-order valence-electron chi connectivity index (χ0n) is 10.9. The Bertz CT molecular complexity index is 594. The van der Waals surface area contributed by atoms with E-state index in [9.17, 15) is 0 Å². The van der Waals surface area contributed by atoms with Crippen LogP contribution >= 0.6 is 12.6 Å². The highest BCUT2D eigenvalue weighted by Crippen LogP contribution is 2.53. The molecule has 18 heavy (non-hydrogen) atoms. The molecule has 0 amide bonds. The molecule has 0 unspecified atom stereocenters. The Morgan fingerprint density at radius 2 is 1.56 bits per heavy atom. The van der Waals surface area contributed by atoms with E-state index in [1.165, 1.54) is 22.3 Å². The predicted octanol–water partition coefficient (Wildman–Crippen LogP) is 5.06. The van der Waals surface area contributed by atoms with Gasteiger partial charge in [-0.1, -0.05) is 50.2 Å². The predicted molar refractivity (Wildman–Crippen MR) is 80.5 cm³/mol. The number of fused-ring (bicyclic) bond motifs is 3. The van der Waals surface area contributed by atoms with Crippen molar-refractivity contribution in [1.29, 1.82) is 0 Å². The summed E-state index contributed by atoms with van der Waals surface area (Å²) < 4.78 is 0. The van der Waals surface area contributed by atoms with E-state index in [1.807, 2.05) is 0 Å². The molecular weight excluding hydrogens is 236 g/mol. The van der Waals surface area contributed by atoms with Crippen LogP contribution in [0.1, 0.15) is 37.8 Å². The second-order valence-corrected chi connectivity index (χ2v) is 5.52. The summed E-state index contributed by atoms with van der Waals surface area (Å²) >= 11 is 4.67. The summed E-state index contributed by atoms with van der Waals surface area (Å²) in [6.07, 6.45) is 2.29. The number of benzene rings is 2. The molecule has 1 heteroatoms. The first-order valence-electron chi connectivity index (χ1n) is 6.67. The van der Waals surface area contributed by atoms with Crippen molar-refractivity contribution in [2.45, 2.75) is 37.0 Å². The second-order valence-electron chi connectivity index (χ2n) is 5.03. The number of hydrogen-bond donors (Lipinski definition) is 1. The molecule has 0 saturated heterocycles. The fourth-order valence-corrected chi connectivity index (χ4v) is 3.82. The van der Waals surface area contributed by atoms with Gasteiger partial charge in [-0.2, -0.15) is 0 Å². The Labute approximate surface area is 114 Å². The lowest BCUT2D eigenvalue weighted by molar-refractivity contribution is 0.490. The topological polar surface area (TPSA) is 0 Å². The minimum atomic E-state index is 0.185. The molecule has 1 aliphatic rings. The van der Waals surface area contributed by atoms with Crippen LogP contribution in [0, 0.1) is 0 Å². The number of hydrogen-bond acceptors (Lipinski definition) is 1. The fourth-order valence-electron chi connectivity index (χ4n) is 3.50. The summed E-state index contributed by atoms with van der Waals surface area (Å²) in [4.78, 5) is 1.10. The van der Waals surface area contributed by atoms with Gasteiger partial charge in [0.2, 0.25) is 0 Å². The molecule has 1 aliphatic carbocycles. The van der Waals surface area contributed by atoms with Crippen LogP contribution in [0.3, 0.4) is 0 Å². The first-order chi connectivity index (χ1) is 8.74. The lowest BCUT2D eigenvalue weighted by Gasteiger charge is -2.29. The largest absolute Gasteiger partial charge is 0.143 e. The molecule has 0 spiro atoms. The lowest BCUT2D eigenvalue weighted by atomic mass is 9.74. The molecular formula is C17H18S. The van der Waals surface area contributed by atoms with Crippen LogP contribution in [-0.2, 0) is 5.41 Å². The average molecular weight is 254 g/mol. The standard InChI is InChI=1S/C17H18S/c1-3-17(4-2)13-9-6-5-8-12(13)16-14(17)10-7-11-15(16)18/h5-11,18H,3-4H2,1-2H3. The monoisotopic (exact) mass is 254 g/mol. The van der Waals surface area contributed by atoms with Gasteiger partial charge in [-0.15, -0.1) is 12.6 Å². The van der Waals surface area contributed by atoms with Gasteiger partial charge in [0.05, 0.1) is 0 Å². The first-order valence-corrected chi connectivity index (χ1v) is 7.11. The second kappa shape index (κ2) is 4.17. The van der Waals surface area contributed by atoms with Crippen LogP contribution in [0.4, 0.5) is 0 Å². The molecule has 3 rings (SSSR count). The van der Waals surface area contributed by atoms with E-state index >= 15 is 0 Å². The SMILES string of the molecule is CCC1(CC)c2ccccc2-c2c(S)cccc21. The number of rotatable bonds is 2. The quantitative estimate of drug-likeness (QED) is 0.711. The van der Waals surface area contributed by atoms with Gasteiger partial charge in [0, 0.05) is 10.3 Å². The molecule has 0 fully saturated rings. The van der Waals surface area contributed by atoms with Crippen molar-refractivity contribution in [2.24, 2.45) is 0 Å². The molecule has 0 heterocycles. The van der Waals surface area contributed by atoms with Crippen LogP contribution in [0.15, 0.2) is 47.4 Å². The molecule has 0 nitrogen and oxygen atoms in total. The zero-order valence-corrected chi connectivity index (χ0v) is 11.8. The Morgan fingerprint density at radius 1 is 0.889 bits per heavy atom. The highest BCUT2D eigenvalue weighted by Gasteiger charge is 2.40. The lowest BCUT2D eigenvalue weighted by Crippen LogP contribution is -2.22. The van der Waals surface area contributed by atoms with Gasteiger partial charge in [0.1, 0.15) is 0 Å². The van der Waals surface area contributed by atoms with Crippen molar-refractivity contribution in [3.8, 4) is 11.1 Å². The van der Waals surface area contributed by atoms with Crippen molar-refractivity contribution in [3.63, 3.8) is 0 Å². The molecule has 0 aromatic heterocycles. The Hall–Kier alpha value is -1.21. The van der Waals surface area contributed by atoms with E-state index in [2.05, 4.69) is 68.9 Å². The van der Waals surface area contributed by atoms with Gasteiger partial charge < -0.3 is 0 Å². The van der Waals surface area contributed by atoms with Crippen molar-refractivity contribution < 1.29 is 0 Å². The van der Waals surface area contributed by atoms with Crippen LogP contribution in [0.2, 0.25) is 0 Å². The third-order valence-electron chi connectivity index (χ3n) is 4.48. The van der Waals surface area contributed by atoms with Crippen LogP contribution in [0.25, 0.3) is 11.1 Å². The highest BCUT2D eigenvalue weighted by atomic mass is 32.1. The third kappa shape index (κ3) is 1.34. The average Bonchev–Trinajstić information content (AvgIpc) is 2.70. The van der Waals surface area contributed by atoms with Crippen molar-refractivity contribution in [3.05, 3.63) is 53.6 Å². The smallest absolute Gasteiger partial charge is 0.0210 e. The van der Waals surface area contributed by atoms with Crippen LogP contribution in [-0.4, -0.2) is 0 Å². The van der Waals surface area contributed by atoms with Gasteiger partial charge in [0.25, 0.3) is 0 Å². The molecule has 0 atom stereocenters. The summed E-state index contributed by atoms with van der Waals surface area (Å²) in [7, 11) is 0. The molecule has 0 bridgehead atoms. The third-order valence-corrected chi connectivity index (χ3v) is 4.85. The molecule has 2 aromatic carbocycles.